The van der Waals surface area contributed by atoms with Gasteiger partial charge in [-0.05, 0) is 57.5 Å². The van der Waals surface area contributed by atoms with Crippen molar-refractivity contribution in [1.82, 2.24) is 15.3 Å². The van der Waals surface area contributed by atoms with E-state index in [9.17, 15) is 17.6 Å². The zero-order chi connectivity index (χ0) is 25.2. The molecule has 2 aromatic heterocycles. The number of halogens is 2. The standard InChI is InChI=1S/C25H26F2N4O3S/c1-3-15(2)35(33,34)31-21-7-6-20(26)22(23(21)27)24(32)19-14-30-25-18(19)12-17(13-29-25)5-4-16-8-10-28-11-9-16/h6-7,12-16,28,31H,3,8-11H2,1-2H3,(H,29,30). The molecular weight excluding hydrogens is 474 g/mol. The smallest absolute Gasteiger partial charge is 0.235 e. The van der Waals surface area contributed by atoms with Gasteiger partial charge >= 0.3 is 0 Å². The van der Waals surface area contributed by atoms with Gasteiger partial charge in [-0.3, -0.25) is 9.52 Å². The normalized spacial score (nSPS) is 15.4. The molecule has 0 bridgehead atoms. The van der Waals surface area contributed by atoms with Gasteiger partial charge in [-0.2, -0.15) is 0 Å². The van der Waals surface area contributed by atoms with Crippen LogP contribution in [0.15, 0.2) is 30.6 Å². The largest absolute Gasteiger partial charge is 0.345 e. The highest BCUT2D eigenvalue weighted by Gasteiger charge is 2.27. The Morgan fingerprint density at radius 3 is 2.74 bits per heavy atom. The van der Waals surface area contributed by atoms with Gasteiger partial charge < -0.3 is 10.3 Å². The van der Waals surface area contributed by atoms with Crippen LogP contribution in [-0.2, 0) is 10.0 Å². The molecule has 35 heavy (non-hydrogen) atoms. The molecule has 1 aromatic carbocycles. The summed E-state index contributed by atoms with van der Waals surface area (Å²) in [4.78, 5) is 20.4. The number of nitrogens with zero attached hydrogens (tertiary/aromatic N) is 1. The minimum atomic E-state index is -3.91. The summed E-state index contributed by atoms with van der Waals surface area (Å²) in [5, 5.41) is 2.86. The lowest BCUT2D eigenvalue weighted by molar-refractivity contribution is 0.103. The number of piperidine rings is 1. The van der Waals surface area contributed by atoms with E-state index in [0.717, 1.165) is 38.1 Å². The Labute approximate surface area is 202 Å². The zero-order valence-electron chi connectivity index (χ0n) is 19.4. The highest BCUT2D eigenvalue weighted by molar-refractivity contribution is 7.93. The molecule has 0 spiro atoms. The van der Waals surface area contributed by atoms with Crippen LogP contribution in [0.3, 0.4) is 0 Å². The summed E-state index contributed by atoms with van der Waals surface area (Å²) >= 11 is 0. The first-order chi connectivity index (χ1) is 16.7. The molecule has 1 saturated heterocycles. The van der Waals surface area contributed by atoms with Crippen molar-refractivity contribution in [2.24, 2.45) is 5.92 Å². The number of carbonyl (C=O) groups excluding carboxylic acids is 1. The van der Waals surface area contributed by atoms with Crippen molar-refractivity contribution in [2.75, 3.05) is 17.8 Å². The third-order valence-electron chi connectivity index (χ3n) is 6.21. The molecule has 0 saturated carbocycles. The Morgan fingerprint density at radius 1 is 1.29 bits per heavy atom. The molecule has 7 nitrogen and oxygen atoms in total. The second kappa shape index (κ2) is 10.1. The van der Waals surface area contributed by atoms with Gasteiger partial charge in [0.05, 0.1) is 16.5 Å². The summed E-state index contributed by atoms with van der Waals surface area (Å²) in [6, 6.07) is 3.49. The topological polar surface area (TPSA) is 104 Å². The van der Waals surface area contributed by atoms with Gasteiger partial charge in [-0.15, -0.1) is 0 Å². The molecule has 1 fully saturated rings. The van der Waals surface area contributed by atoms with Gasteiger partial charge in [-0.1, -0.05) is 18.8 Å². The van der Waals surface area contributed by atoms with E-state index >= 15 is 4.39 Å². The lowest BCUT2D eigenvalue weighted by atomic mass is 9.98. The molecule has 0 amide bonds. The van der Waals surface area contributed by atoms with Crippen molar-refractivity contribution in [1.29, 1.82) is 0 Å². The third-order valence-corrected chi connectivity index (χ3v) is 8.11. The Balaban J connectivity index is 1.69. The van der Waals surface area contributed by atoms with E-state index in [-0.39, 0.29) is 11.5 Å². The van der Waals surface area contributed by atoms with Crippen LogP contribution < -0.4 is 10.0 Å². The predicted molar refractivity (Wildman–Crippen MR) is 131 cm³/mol. The van der Waals surface area contributed by atoms with Gasteiger partial charge in [-0.25, -0.2) is 22.2 Å². The van der Waals surface area contributed by atoms with Crippen molar-refractivity contribution >= 4 is 32.5 Å². The van der Waals surface area contributed by atoms with E-state index in [2.05, 4.69) is 31.8 Å². The van der Waals surface area contributed by atoms with Gasteiger partial charge in [0.1, 0.15) is 11.5 Å². The highest BCUT2D eigenvalue weighted by atomic mass is 32.2. The summed E-state index contributed by atoms with van der Waals surface area (Å²) in [5.74, 6) is 3.28. The van der Waals surface area contributed by atoms with Crippen LogP contribution in [0.2, 0.25) is 0 Å². The predicted octanol–water partition coefficient (Wildman–Crippen LogP) is 3.96. The van der Waals surface area contributed by atoms with Crippen molar-refractivity contribution < 1.29 is 22.0 Å². The van der Waals surface area contributed by atoms with Gasteiger partial charge in [0.2, 0.25) is 15.8 Å². The average molecular weight is 501 g/mol. The number of ketones is 1. The maximum Gasteiger partial charge on any atom is 0.235 e. The molecule has 0 aliphatic carbocycles. The summed E-state index contributed by atoms with van der Waals surface area (Å²) < 4.78 is 56.8. The number of benzene rings is 1. The summed E-state index contributed by atoms with van der Waals surface area (Å²) in [7, 11) is -3.91. The minimum absolute atomic E-state index is 0.0118. The summed E-state index contributed by atoms with van der Waals surface area (Å²) in [5.41, 5.74) is -0.364. The summed E-state index contributed by atoms with van der Waals surface area (Å²) in [6.45, 7) is 4.98. The van der Waals surface area contributed by atoms with Gasteiger partial charge in [0.15, 0.2) is 5.82 Å². The number of rotatable bonds is 6. The zero-order valence-corrected chi connectivity index (χ0v) is 20.2. The fourth-order valence-corrected chi connectivity index (χ4v) is 4.96. The number of aromatic amines is 1. The number of sulfonamides is 1. The number of fused-ring (bicyclic) bond motifs is 1. The lowest BCUT2D eigenvalue weighted by Gasteiger charge is -2.17. The van der Waals surface area contributed by atoms with E-state index < -0.39 is 43.9 Å². The van der Waals surface area contributed by atoms with E-state index in [1.165, 1.54) is 13.1 Å². The Morgan fingerprint density at radius 2 is 2.03 bits per heavy atom. The second-order valence-corrected chi connectivity index (χ2v) is 10.7. The summed E-state index contributed by atoms with van der Waals surface area (Å²) in [6.07, 6.45) is 5.11. The molecule has 1 unspecified atom stereocenters. The molecule has 10 heteroatoms. The van der Waals surface area contributed by atoms with E-state index in [1.807, 2.05) is 0 Å². The number of hydrogen-bond donors (Lipinski definition) is 3. The molecule has 4 rings (SSSR count). The van der Waals surface area contributed by atoms with Crippen LogP contribution in [0.4, 0.5) is 14.5 Å². The number of H-pyrrole nitrogens is 1. The molecule has 1 atom stereocenters. The lowest BCUT2D eigenvalue weighted by Crippen LogP contribution is -2.26. The molecule has 3 heterocycles. The van der Waals surface area contributed by atoms with Crippen LogP contribution in [0.25, 0.3) is 11.0 Å². The van der Waals surface area contributed by atoms with E-state index in [0.29, 0.717) is 23.0 Å². The first kappa shape index (κ1) is 24.8. The van der Waals surface area contributed by atoms with Crippen molar-refractivity contribution in [3.05, 3.63) is 58.9 Å². The Bertz CT molecular complexity index is 1430. The molecular formula is C25H26F2N4O3S. The second-order valence-electron chi connectivity index (χ2n) is 8.60. The van der Waals surface area contributed by atoms with Crippen molar-refractivity contribution in [2.45, 2.75) is 38.4 Å². The van der Waals surface area contributed by atoms with Gasteiger partial charge in [0, 0.05) is 34.8 Å². The number of carbonyl (C=O) groups is 1. The van der Waals surface area contributed by atoms with Crippen molar-refractivity contribution in [3.8, 4) is 11.8 Å². The third kappa shape index (κ3) is 5.21. The van der Waals surface area contributed by atoms with Crippen LogP contribution in [0, 0.1) is 29.4 Å². The van der Waals surface area contributed by atoms with Gasteiger partial charge in [0.25, 0.3) is 0 Å². The van der Waals surface area contributed by atoms with E-state index in [4.69, 9.17) is 0 Å². The molecule has 3 N–H and O–H groups in total. The first-order valence-corrected chi connectivity index (χ1v) is 13.0. The van der Waals surface area contributed by atoms with Crippen LogP contribution in [-0.4, -0.2) is 42.5 Å². The number of hydrogen-bond acceptors (Lipinski definition) is 5. The SMILES string of the molecule is CCC(C)S(=O)(=O)Nc1ccc(F)c(C(=O)c2c[nH]c3ncc(C#CC4CCNCC4)cc23)c1F. The molecule has 184 valence electrons. The van der Waals surface area contributed by atoms with Crippen molar-refractivity contribution in [3.63, 3.8) is 0 Å². The quantitative estimate of drug-likeness (QED) is 0.351. The Hall–Kier alpha value is -3.29. The molecule has 1 aliphatic rings. The number of anilines is 1. The Kier molecular flexibility index (Phi) is 7.19. The maximum atomic E-state index is 15.2. The molecule has 0 radical (unpaired) electrons. The number of aromatic nitrogens is 2. The van der Waals surface area contributed by atoms with E-state index in [1.54, 1.807) is 19.2 Å². The number of nitrogens with one attached hydrogen (secondary N) is 3. The van der Waals surface area contributed by atoms with Crippen LogP contribution in [0.1, 0.15) is 54.6 Å². The maximum absolute atomic E-state index is 15.2. The number of pyridine rings is 1. The van der Waals surface area contributed by atoms with Crippen LogP contribution in [0.5, 0.6) is 0 Å². The average Bonchev–Trinajstić information content (AvgIpc) is 3.28. The first-order valence-electron chi connectivity index (χ1n) is 11.4. The van der Waals surface area contributed by atoms with Crippen LogP contribution >= 0.6 is 0 Å². The molecule has 3 aromatic rings. The minimum Gasteiger partial charge on any atom is -0.345 e. The fraction of sp³-hybridized carbons (Fsp3) is 0.360. The highest BCUT2D eigenvalue weighted by Crippen LogP contribution is 2.28. The fourth-order valence-electron chi connectivity index (χ4n) is 3.86. The molecule has 1 aliphatic heterocycles. The monoisotopic (exact) mass is 500 g/mol.